The Balaban J connectivity index is 1.70. The van der Waals surface area contributed by atoms with Gasteiger partial charge in [0.2, 0.25) is 17.7 Å². The van der Waals surface area contributed by atoms with Gasteiger partial charge in [-0.2, -0.15) is 4.39 Å². The Bertz CT molecular complexity index is 2050. The van der Waals surface area contributed by atoms with E-state index in [1.54, 1.807) is 82.5 Å². The molecule has 1 fully saturated rings. The lowest BCUT2D eigenvalue weighted by molar-refractivity contribution is -0.156. The highest BCUT2D eigenvalue weighted by atomic mass is 19.2. The summed E-state index contributed by atoms with van der Waals surface area (Å²) in [5, 5.41) is 30.7. The number of pyridine rings is 1. The van der Waals surface area contributed by atoms with Crippen molar-refractivity contribution in [3.8, 4) is 5.75 Å². The van der Waals surface area contributed by atoms with Crippen LogP contribution >= 0.6 is 0 Å². The van der Waals surface area contributed by atoms with Crippen molar-refractivity contribution in [2.45, 2.75) is 110 Å². The van der Waals surface area contributed by atoms with E-state index in [-0.39, 0.29) is 43.6 Å². The summed E-state index contributed by atoms with van der Waals surface area (Å²) in [6.45, 7) is 8.24. The zero-order chi connectivity index (χ0) is 46.2. The number of halogens is 2. The standard InChI is InChI=1S/C46H58F2N6O9/c1-27(2)41-44(60)50-35(25-31-24-33(47)40(48)36(56)26-31)45(61)54-23-13-16-34(53-54)46(62)63-37(28(3)15-12-19-39(57)51-38-18-10-11-22-49-38)17-9-7-6-8-14-29(4)42(58)32(43(59)52-41)21-20-30(5)55/h6-12,15,18-19,22,24,26-27,29,32,34-35,37,41-42,53,56,58H,13-14,16-17,20-21,23,25H2,1-5H3,(H,50,60)(H,52,59)(H,49,51,57)/b8-6+,9-7+,19-12+,28-15+/t29?,32?,34?,35?,37-,41?,42?/m0/s1. The first-order valence-corrected chi connectivity index (χ1v) is 21.1. The van der Waals surface area contributed by atoms with E-state index < -0.39 is 101 Å². The van der Waals surface area contributed by atoms with Crippen LogP contribution in [0.5, 0.6) is 5.75 Å². The first kappa shape index (κ1) is 49.6. The van der Waals surface area contributed by atoms with Crippen molar-refractivity contribution in [1.82, 2.24) is 26.1 Å². The number of benzene rings is 1. The number of nitrogens with one attached hydrogen (secondary N) is 4. The number of aliphatic hydroxyl groups is 1. The van der Waals surface area contributed by atoms with E-state index in [2.05, 4.69) is 26.4 Å². The van der Waals surface area contributed by atoms with Crippen molar-refractivity contribution in [2.75, 3.05) is 11.9 Å². The lowest BCUT2D eigenvalue weighted by Crippen LogP contribution is -2.62. The maximum atomic E-state index is 14.5. The topological polar surface area (TPSA) is 216 Å². The summed E-state index contributed by atoms with van der Waals surface area (Å²) >= 11 is 0. The summed E-state index contributed by atoms with van der Waals surface area (Å²) in [5.41, 5.74) is 3.44. The fourth-order valence-electron chi connectivity index (χ4n) is 7.10. The molecule has 63 heavy (non-hydrogen) atoms. The number of aliphatic hydroxyl groups excluding tert-OH is 1. The number of aromatic nitrogens is 1. The molecule has 2 aliphatic heterocycles. The normalized spacial score (nSPS) is 25.9. The van der Waals surface area contributed by atoms with Crippen LogP contribution in [0.3, 0.4) is 0 Å². The number of Topliss-reactive ketones (excluding diaryl/α,β-unsaturated/α-hetero) is 1. The van der Waals surface area contributed by atoms with Gasteiger partial charge in [0.1, 0.15) is 35.8 Å². The van der Waals surface area contributed by atoms with Crippen LogP contribution < -0.4 is 21.4 Å². The molecule has 4 rings (SSSR count). The zero-order valence-electron chi connectivity index (χ0n) is 36.2. The number of hydrogen-bond acceptors (Lipinski definition) is 11. The van der Waals surface area contributed by atoms with Crippen molar-refractivity contribution in [3.63, 3.8) is 0 Å². The number of allylic oxidation sites excluding steroid dienone is 5. The van der Waals surface area contributed by atoms with Gasteiger partial charge < -0.3 is 35.7 Å². The van der Waals surface area contributed by atoms with Crippen molar-refractivity contribution >= 4 is 41.2 Å². The Morgan fingerprint density at radius 2 is 1.78 bits per heavy atom. The molecule has 0 saturated carbocycles. The first-order chi connectivity index (χ1) is 29.9. The van der Waals surface area contributed by atoms with Gasteiger partial charge in [-0.25, -0.2) is 14.8 Å². The lowest BCUT2D eigenvalue weighted by atomic mass is 9.85. The van der Waals surface area contributed by atoms with E-state index in [9.17, 15) is 47.8 Å². The summed E-state index contributed by atoms with van der Waals surface area (Å²) in [4.78, 5) is 84.7. The number of nitrogens with zero attached hydrogens (tertiary/aromatic N) is 2. The highest BCUT2D eigenvalue weighted by Gasteiger charge is 2.38. The van der Waals surface area contributed by atoms with E-state index >= 15 is 0 Å². The lowest BCUT2D eigenvalue weighted by Gasteiger charge is -2.36. The van der Waals surface area contributed by atoms with Crippen LogP contribution in [0.15, 0.2) is 84.6 Å². The average Bonchev–Trinajstić information content (AvgIpc) is 3.24. The molecule has 1 aromatic carbocycles. The molecule has 0 radical (unpaired) electrons. The van der Waals surface area contributed by atoms with Crippen LogP contribution in [0.25, 0.3) is 0 Å². The number of rotatable bonds is 10. The molecule has 2 aliphatic rings. The second-order valence-corrected chi connectivity index (χ2v) is 16.3. The summed E-state index contributed by atoms with van der Waals surface area (Å²) in [7, 11) is 0. The molecule has 7 atom stereocenters. The number of hydrogen-bond donors (Lipinski definition) is 6. The Morgan fingerprint density at radius 3 is 2.44 bits per heavy atom. The van der Waals surface area contributed by atoms with Crippen molar-refractivity contribution in [3.05, 3.63) is 102 Å². The van der Waals surface area contributed by atoms with Gasteiger partial charge >= 0.3 is 5.97 Å². The summed E-state index contributed by atoms with van der Waals surface area (Å²) in [6.07, 6.45) is 11.7. The third-order valence-electron chi connectivity index (χ3n) is 10.8. The number of amides is 4. The minimum absolute atomic E-state index is 0.00231. The Kier molecular flexibility index (Phi) is 18.9. The number of esters is 1. The van der Waals surface area contributed by atoms with Crippen LogP contribution in [-0.4, -0.2) is 92.5 Å². The van der Waals surface area contributed by atoms with Gasteiger partial charge in [0.05, 0.1) is 12.0 Å². The predicted octanol–water partition coefficient (Wildman–Crippen LogP) is 4.67. The van der Waals surface area contributed by atoms with Crippen molar-refractivity contribution in [2.24, 2.45) is 17.8 Å². The Labute approximate surface area is 366 Å². The summed E-state index contributed by atoms with van der Waals surface area (Å²) in [5.74, 6) is -9.21. The molecule has 6 N–H and O–H groups in total. The number of phenols is 1. The number of phenolic OH excluding ortho intramolecular Hbond substituents is 1. The molecule has 4 amide bonds. The van der Waals surface area contributed by atoms with Gasteiger partial charge in [-0.05, 0) is 86.8 Å². The molecule has 1 aromatic heterocycles. The van der Waals surface area contributed by atoms with Crippen LogP contribution in [0.2, 0.25) is 0 Å². The number of ether oxygens (including phenoxy) is 1. The zero-order valence-corrected chi connectivity index (χ0v) is 36.2. The number of cyclic esters (lactones) is 1. The third-order valence-corrected chi connectivity index (χ3v) is 10.8. The molecule has 3 heterocycles. The highest BCUT2D eigenvalue weighted by molar-refractivity contribution is 5.98. The van der Waals surface area contributed by atoms with Crippen LogP contribution in [0.4, 0.5) is 14.6 Å². The van der Waals surface area contributed by atoms with E-state index in [0.717, 1.165) is 17.1 Å². The monoisotopic (exact) mass is 876 g/mol. The van der Waals surface area contributed by atoms with Gasteiger partial charge in [0.15, 0.2) is 17.4 Å². The van der Waals surface area contributed by atoms with E-state index in [1.165, 1.54) is 19.1 Å². The molecule has 2 bridgehead atoms. The Morgan fingerprint density at radius 1 is 1.05 bits per heavy atom. The van der Waals surface area contributed by atoms with E-state index in [4.69, 9.17) is 4.74 Å². The maximum Gasteiger partial charge on any atom is 0.325 e. The molecule has 15 nitrogen and oxygen atoms in total. The molecule has 0 spiro atoms. The third kappa shape index (κ3) is 15.1. The number of carbonyl (C=O) groups excluding carboxylic acids is 6. The van der Waals surface area contributed by atoms with Gasteiger partial charge in [0.25, 0.3) is 5.91 Å². The van der Waals surface area contributed by atoms with E-state index in [0.29, 0.717) is 24.2 Å². The fraction of sp³-hybridized carbons (Fsp3) is 0.457. The predicted molar refractivity (Wildman–Crippen MR) is 230 cm³/mol. The highest BCUT2D eigenvalue weighted by Crippen LogP contribution is 2.25. The van der Waals surface area contributed by atoms with Crippen LogP contribution in [0, 0.1) is 29.4 Å². The summed E-state index contributed by atoms with van der Waals surface area (Å²) < 4.78 is 34.6. The molecule has 2 aromatic rings. The smallest absolute Gasteiger partial charge is 0.325 e. The maximum absolute atomic E-state index is 14.5. The number of ketones is 1. The molecule has 6 unspecified atom stereocenters. The van der Waals surface area contributed by atoms with Crippen LogP contribution in [-0.2, 0) is 39.9 Å². The number of fused-ring (bicyclic) bond motifs is 2. The largest absolute Gasteiger partial charge is 0.505 e. The molecule has 340 valence electrons. The minimum atomic E-state index is -1.49. The van der Waals surface area contributed by atoms with Crippen molar-refractivity contribution in [1.29, 1.82) is 0 Å². The minimum Gasteiger partial charge on any atom is -0.505 e. The molecular weight excluding hydrogens is 819 g/mol. The number of carbonyl (C=O) groups is 6. The Hall–Kier alpha value is -6.07. The molecule has 17 heteroatoms. The van der Waals surface area contributed by atoms with Gasteiger partial charge in [-0.15, -0.1) is 0 Å². The SMILES string of the molecule is CC(=O)CCC1C(=O)NC(C(C)C)C(=O)NC(Cc2cc(O)c(F)c(F)c2)C(=O)N2CCCC(N2)C(=O)O[C@H](/C(C)=C/C=C/C(=O)Nc2ccccn2)C/C=C/C=C/CC(C)C1O. The van der Waals surface area contributed by atoms with Gasteiger partial charge in [0, 0.05) is 38.1 Å². The first-order valence-electron chi connectivity index (χ1n) is 21.1. The second kappa shape index (κ2) is 24.0. The van der Waals surface area contributed by atoms with Gasteiger partial charge in [-0.3, -0.25) is 29.0 Å². The molecular formula is C46H58F2N6O9. The fourth-order valence-corrected chi connectivity index (χ4v) is 7.10. The molecule has 1 saturated heterocycles. The second-order valence-electron chi connectivity index (χ2n) is 16.3. The summed E-state index contributed by atoms with van der Waals surface area (Å²) in [6, 6.07) is 3.02. The van der Waals surface area contributed by atoms with Crippen LogP contribution in [0.1, 0.15) is 78.7 Å². The van der Waals surface area contributed by atoms with Gasteiger partial charge in [-0.1, -0.05) is 63.3 Å². The quantitative estimate of drug-likeness (QED) is 0.110. The van der Waals surface area contributed by atoms with Crippen molar-refractivity contribution < 1.29 is 52.5 Å². The molecule has 0 aliphatic carbocycles. The average molecular weight is 877 g/mol. The van der Waals surface area contributed by atoms with E-state index in [1.807, 2.05) is 0 Å². The number of hydrazine groups is 1. The number of anilines is 1. The number of aromatic hydroxyl groups is 1.